The van der Waals surface area contributed by atoms with E-state index in [0.29, 0.717) is 31.8 Å². The molecule has 29 heavy (non-hydrogen) atoms. The van der Waals surface area contributed by atoms with E-state index >= 15 is 0 Å². The second kappa shape index (κ2) is 8.06. The molecular formula is C21H16ClN3O3S. The zero-order valence-electron chi connectivity index (χ0n) is 15.6. The van der Waals surface area contributed by atoms with Gasteiger partial charge in [0.1, 0.15) is 11.5 Å². The van der Waals surface area contributed by atoms with Crippen LogP contribution in [0, 0.1) is 0 Å². The molecule has 0 spiro atoms. The van der Waals surface area contributed by atoms with Gasteiger partial charge in [-0.1, -0.05) is 41.1 Å². The molecule has 4 aromatic rings. The first-order chi connectivity index (χ1) is 14.1. The number of nitrogens with zero attached hydrogens (tertiary/aromatic N) is 3. The van der Waals surface area contributed by atoms with Crippen LogP contribution in [0.25, 0.3) is 23.2 Å². The summed E-state index contributed by atoms with van der Waals surface area (Å²) in [6, 6.07) is 12.8. The van der Waals surface area contributed by atoms with E-state index < -0.39 is 0 Å². The number of aromatic nitrogens is 3. The second-order valence-electron chi connectivity index (χ2n) is 6.07. The molecule has 0 unspecified atom stereocenters. The van der Waals surface area contributed by atoms with Crippen molar-refractivity contribution in [3.8, 4) is 11.5 Å². The van der Waals surface area contributed by atoms with E-state index in [9.17, 15) is 4.79 Å². The number of methoxy groups -OCH3 is 2. The fraction of sp³-hybridized carbons (Fsp3) is 0.0952. The minimum atomic E-state index is -0.221. The maximum absolute atomic E-state index is 12.7. The normalized spacial score (nSPS) is 12.2. The fourth-order valence-corrected chi connectivity index (χ4v) is 3.77. The van der Waals surface area contributed by atoms with Crippen molar-refractivity contribution in [2.24, 2.45) is 0 Å². The minimum absolute atomic E-state index is 0.221. The monoisotopic (exact) mass is 425 g/mol. The van der Waals surface area contributed by atoms with Crippen LogP contribution in [0.15, 0.2) is 47.3 Å². The van der Waals surface area contributed by atoms with Crippen LogP contribution in [0.5, 0.6) is 11.5 Å². The third-order valence-corrected chi connectivity index (χ3v) is 5.43. The Balaban J connectivity index is 1.68. The Hall–Kier alpha value is -3.16. The van der Waals surface area contributed by atoms with Gasteiger partial charge in [0.25, 0.3) is 5.56 Å². The number of ether oxygens (including phenoxy) is 2. The summed E-state index contributed by atoms with van der Waals surface area (Å²) in [4.78, 5) is 17.7. The molecule has 0 aliphatic carbocycles. The molecule has 0 saturated heterocycles. The summed E-state index contributed by atoms with van der Waals surface area (Å²) < 4.78 is 12.4. The van der Waals surface area contributed by atoms with Gasteiger partial charge in [-0.3, -0.25) is 4.79 Å². The molecule has 0 radical (unpaired) electrons. The molecule has 4 rings (SSSR count). The first-order valence-corrected chi connectivity index (χ1v) is 9.84. The number of halogens is 1. The van der Waals surface area contributed by atoms with Crippen molar-refractivity contribution in [3.63, 3.8) is 0 Å². The molecule has 0 saturated carbocycles. The van der Waals surface area contributed by atoms with Crippen molar-refractivity contribution in [1.82, 2.24) is 14.6 Å². The van der Waals surface area contributed by atoms with Crippen LogP contribution in [0.2, 0.25) is 5.02 Å². The van der Waals surface area contributed by atoms with E-state index in [1.54, 1.807) is 32.4 Å². The van der Waals surface area contributed by atoms with Crippen LogP contribution in [-0.4, -0.2) is 28.8 Å². The maximum atomic E-state index is 12.7. The Morgan fingerprint density at radius 2 is 1.86 bits per heavy atom. The SMILES string of the molecule is COc1ccc(C=c2sc3nc(C=Cc4ccc(Cl)cc4)nn3c2=O)c(OC)c1. The number of rotatable bonds is 5. The van der Waals surface area contributed by atoms with Gasteiger partial charge in [-0.15, -0.1) is 5.10 Å². The summed E-state index contributed by atoms with van der Waals surface area (Å²) in [7, 11) is 3.17. The van der Waals surface area contributed by atoms with Gasteiger partial charge >= 0.3 is 0 Å². The average molecular weight is 426 g/mol. The predicted molar refractivity (Wildman–Crippen MR) is 116 cm³/mol. The lowest BCUT2D eigenvalue weighted by Crippen LogP contribution is -2.23. The Bertz CT molecular complexity index is 1310. The van der Waals surface area contributed by atoms with E-state index in [2.05, 4.69) is 10.1 Å². The topological polar surface area (TPSA) is 65.7 Å². The lowest BCUT2D eigenvalue weighted by atomic mass is 10.2. The highest BCUT2D eigenvalue weighted by Gasteiger charge is 2.10. The Morgan fingerprint density at radius 3 is 2.55 bits per heavy atom. The quantitative estimate of drug-likeness (QED) is 0.489. The third-order valence-electron chi connectivity index (χ3n) is 4.22. The molecule has 146 valence electrons. The molecule has 0 fully saturated rings. The summed E-state index contributed by atoms with van der Waals surface area (Å²) in [5.41, 5.74) is 1.52. The molecule has 0 aliphatic heterocycles. The summed E-state index contributed by atoms with van der Waals surface area (Å²) >= 11 is 7.16. The third kappa shape index (κ3) is 4.01. The highest BCUT2D eigenvalue weighted by molar-refractivity contribution is 7.15. The standard InChI is InChI=1S/C21H16ClN3O3S/c1-27-16-9-6-14(17(12-16)28-2)11-18-20(26)25-21(29-18)23-19(24-25)10-5-13-3-7-15(22)8-4-13/h3-12H,1-2H3. The molecule has 0 atom stereocenters. The van der Waals surface area contributed by atoms with Crippen molar-refractivity contribution >= 4 is 46.1 Å². The van der Waals surface area contributed by atoms with Crippen LogP contribution in [0.4, 0.5) is 0 Å². The summed E-state index contributed by atoms with van der Waals surface area (Å²) in [5, 5.41) is 4.97. The number of hydrogen-bond donors (Lipinski definition) is 0. The number of fused-ring (bicyclic) bond motifs is 1. The first-order valence-electron chi connectivity index (χ1n) is 8.64. The highest BCUT2D eigenvalue weighted by Crippen LogP contribution is 2.25. The van der Waals surface area contributed by atoms with Crippen molar-refractivity contribution in [2.75, 3.05) is 14.2 Å². The van der Waals surface area contributed by atoms with Crippen LogP contribution in [-0.2, 0) is 0 Å². The average Bonchev–Trinajstić information content (AvgIpc) is 3.26. The van der Waals surface area contributed by atoms with E-state index in [1.165, 1.54) is 15.9 Å². The van der Waals surface area contributed by atoms with Crippen molar-refractivity contribution in [2.45, 2.75) is 0 Å². The van der Waals surface area contributed by atoms with Gasteiger partial charge in [0.2, 0.25) is 4.96 Å². The molecule has 0 bridgehead atoms. The zero-order chi connectivity index (χ0) is 20.4. The molecular weight excluding hydrogens is 410 g/mol. The van der Waals surface area contributed by atoms with E-state index in [1.807, 2.05) is 42.5 Å². The molecule has 2 heterocycles. The first kappa shape index (κ1) is 19.2. The Morgan fingerprint density at radius 1 is 1.07 bits per heavy atom. The van der Waals surface area contributed by atoms with Crippen LogP contribution in [0.3, 0.4) is 0 Å². The molecule has 2 aromatic heterocycles. The zero-order valence-corrected chi connectivity index (χ0v) is 17.2. The van der Waals surface area contributed by atoms with Gasteiger partial charge in [-0.25, -0.2) is 0 Å². The van der Waals surface area contributed by atoms with E-state index in [-0.39, 0.29) is 5.56 Å². The number of thiazole rings is 1. The van der Waals surface area contributed by atoms with Gasteiger partial charge in [0.15, 0.2) is 5.82 Å². The maximum Gasteiger partial charge on any atom is 0.291 e. The van der Waals surface area contributed by atoms with Crippen LogP contribution in [0.1, 0.15) is 17.0 Å². The van der Waals surface area contributed by atoms with Crippen LogP contribution >= 0.6 is 22.9 Å². The minimum Gasteiger partial charge on any atom is -0.497 e. The molecule has 0 amide bonds. The summed E-state index contributed by atoms with van der Waals surface area (Å²) in [5.74, 6) is 1.77. The Kier molecular flexibility index (Phi) is 5.33. The molecule has 6 nitrogen and oxygen atoms in total. The molecule has 8 heteroatoms. The van der Waals surface area contributed by atoms with Gasteiger partial charge in [-0.2, -0.15) is 9.50 Å². The van der Waals surface area contributed by atoms with Gasteiger partial charge in [0.05, 0.1) is 18.8 Å². The Labute approximate surface area is 175 Å². The predicted octanol–water partition coefficient (Wildman–Crippen LogP) is 3.54. The van der Waals surface area contributed by atoms with E-state index in [4.69, 9.17) is 21.1 Å². The number of hydrogen-bond acceptors (Lipinski definition) is 6. The lowest BCUT2D eigenvalue weighted by molar-refractivity contribution is 0.393. The van der Waals surface area contributed by atoms with Crippen molar-refractivity contribution in [3.05, 3.63) is 79.3 Å². The molecule has 0 aliphatic rings. The van der Waals surface area contributed by atoms with E-state index in [0.717, 1.165) is 11.1 Å². The van der Waals surface area contributed by atoms with Crippen LogP contribution < -0.4 is 19.6 Å². The fourth-order valence-electron chi connectivity index (χ4n) is 2.74. The molecule has 2 aromatic carbocycles. The lowest BCUT2D eigenvalue weighted by Gasteiger charge is -2.06. The molecule has 0 N–H and O–H groups in total. The van der Waals surface area contributed by atoms with Gasteiger partial charge in [0, 0.05) is 16.7 Å². The van der Waals surface area contributed by atoms with Crippen molar-refractivity contribution < 1.29 is 9.47 Å². The summed E-state index contributed by atoms with van der Waals surface area (Å²) in [6.45, 7) is 0. The summed E-state index contributed by atoms with van der Waals surface area (Å²) in [6.07, 6.45) is 5.40. The van der Waals surface area contributed by atoms with Crippen molar-refractivity contribution in [1.29, 1.82) is 0 Å². The smallest absolute Gasteiger partial charge is 0.291 e. The highest BCUT2D eigenvalue weighted by atomic mass is 35.5. The largest absolute Gasteiger partial charge is 0.497 e. The number of benzene rings is 2. The van der Waals surface area contributed by atoms with Gasteiger partial charge < -0.3 is 9.47 Å². The second-order valence-corrected chi connectivity index (χ2v) is 7.52. The van der Waals surface area contributed by atoms with Gasteiger partial charge in [-0.05, 0) is 42.0 Å².